The van der Waals surface area contributed by atoms with Crippen molar-refractivity contribution in [2.45, 2.75) is 32.7 Å². The lowest BCUT2D eigenvalue weighted by molar-refractivity contribution is -0.126. The van der Waals surface area contributed by atoms with E-state index >= 15 is 4.39 Å². The Bertz CT molecular complexity index is 1840. The first-order valence-corrected chi connectivity index (χ1v) is 14.3. The van der Waals surface area contributed by atoms with Crippen molar-refractivity contribution in [1.29, 1.82) is 0 Å². The van der Waals surface area contributed by atoms with Crippen LogP contribution in [0.2, 0.25) is 10.0 Å². The van der Waals surface area contributed by atoms with Crippen LogP contribution in [-0.2, 0) is 4.79 Å². The van der Waals surface area contributed by atoms with Crippen LogP contribution in [0, 0.1) is 12.4 Å². The molecule has 0 aliphatic carbocycles. The Balaban J connectivity index is 1.88. The van der Waals surface area contributed by atoms with Gasteiger partial charge in [-0.2, -0.15) is 0 Å². The highest BCUT2D eigenvalue weighted by atomic mass is 35.5. The highest BCUT2D eigenvalue weighted by molar-refractivity contribution is 6.35. The van der Waals surface area contributed by atoms with Gasteiger partial charge in [-0.25, -0.2) is 9.24 Å². The molecule has 0 bridgehead atoms. The van der Waals surface area contributed by atoms with Crippen LogP contribution in [-0.4, -0.2) is 41.1 Å². The summed E-state index contributed by atoms with van der Waals surface area (Å²) in [6, 6.07) is 15.0. The largest absolute Gasteiger partial charge is 0.373 e. The molecule has 1 aromatic heterocycles. The van der Waals surface area contributed by atoms with Crippen molar-refractivity contribution in [2.75, 3.05) is 24.5 Å². The topological polar surface area (TPSA) is 49.9 Å². The molecule has 42 heavy (non-hydrogen) atoms. The number of para-hydroxylation sites is 1. The average Bonchev–Trinajstić information content (AvgIpc) is 2.97. The number of benzene rings is 3. The molecular weight excluding hydrogens is 574 g/mol. The van der Waals surface area contributed by atoms with Gasteiger partial charge in [-0.3, -0.25) is 14.2 Å². The number of pyridine rings is 1. The fourth-order valence-electron chi connectivity index (χ4n) is 5.72. The standard InChI is InChI=1S/C33H29Cl2FN4O2/c1-6-30(41)38-13-14-39(20(4)18-38)32-25-16-26(35)23(24-15-21(34)11-12-27(24)36)17-29(25)40(33(42)31(32)37-5)28-10-8-7-9-22(28)19(2)3/h6-12,15-17,19-20H,1,13-14,18H2,2-4H3/t20-/m0/s1. The van der Waals surface area contributed by atoms with Crippen LogP contribution in [0.4, 0.5) is 15.8 Å². The number of carbonyl (C=O) groups excluding carboxylic acids is 1. The molecule has 0 saturated carbocycles. The predicted octanol–water partition coefficient (Wildman–Crippen LogP) is 8.00. The molecule has 5 rings (SSSR count). The molecule has 214 valence electrons. The van der Waals surface area contributed by atoms with E-state index in [2.05, 4.69) is 11.4 Å². The highest BCUT2D eigenvalue weighted by Gasteiger charge is 2.31. The van der Waals surface area contributed by atoms with Crippen molar-refractivity contribution in [3.63, 3.8) is 0 Å². The third kappa shape index (κ3) is 5.06. The van der Waals surface area contributed by atoms with Crippen LogP contribution in [0.5, 0.6) is 0 Å². The van der Waals surface area contributed by atoms with E-state index in [0.29, 0.717) is 52.5 Å². The molecule has 4 aromatic rings. The summed E-state index contributed by atoms with van der Waals surface area (Å²) in [5.74, 6) is -0.604. The van der Waals surface area contributed by atoms with Crippen LogP contribution in [0.25, 0.3) is 32.6 Å². The second-order valence-corrected chi connectivity index (χ2v) is 11.5. The molecule has 1 aliphatic rings. The van der Waals surface area contributed by atoms with Gasteiger partial charge in [0.25, 0.3) is 11.2 Å². The van der Waals surface area contributed by atoms with Gasteiger partial charge in [-0.05, 0) is 60.9 Å². The number of halogens is 3. The lowest BCUT2D eigenvalue weighted by Gasteiger charge is -2.42. The maximum absolute atomic E-state index is 15.1. The van der Waals surface area contributed by atoms with E-state index in [1.165, 1.54) is 28.8 Å². The van der Waals surface area contributed by atoms with Gasteiger partial charge in [-0.1, -0.05) is 61.8 Å². The molecule has 6 nitrogen and oxygen atoms in total. The number of aromatic nitrogens is 1. The highest BCUT2D eigenvalue weighted by Crippen LogP contribution is 2.42. The van der Waals surface area contributed by atoms with Crippen molar-refractivity contribution in [3.05, 3.63) is 110 Å². The number of carbonyl (C=O) groups is 1. The van der Waals surface area contributed by atoms with Crippen molar-refractivity contribution in [3.8, 4) is 16.8 Å². The molecule has 0 N–H and O–H groups in total. The van der Waals surface area contributed by atoms with E-state index in [4.69, 9.17) is 29.8 Å². The van der Waals surface area contributed by atoms with Crippen molar-refractivity contribution in [2.24, 2.45) is 0 Å². The average molecular weight is 604 g/mol. The van der Waals surface area contributed by atoms with Gasteiger partial charge in [0.2, 0.25) is 5.91 Å². The van der Waals surface area contributed by atoms with E-state index < -0.39 is 11.4 Å². The van der Waals surface area contributed by atoms with Crippen LogP contribution >= 0.6 is 23.2 Å². The first kappa shape index (κ1) is 29.4. The maximum Gasteiger partial charge on any atom is 0.274 e. The second kappa shape index (κ2) is 11.6. The third-order valence-corrected chi connectivity index (χ3v) is 8.29. The molecule has 1 amide bonds. The Morgan fingerprint density at radius 3 is 2.52 bits per heavy atom. The van der Waals surface area contributed by atoms with E-state index in [1.807, 2.05) is 49.9 Å². The van der Waals surface area contributed by atoms with Crippen molar-refractivity contribution >= 4 is 51.4 Å². The summed E-state index contributed by atoms with van der Waals surface area (Å²) in [5, 5.41) is 1.16. The number of anilines is 1. The van der Waals surface area contributed by atoms with Gasteiger partial charge in [-0.15, -0.1) is 0 Å². The SMILES string of the molecule is [C-]#[N+]c1c(N2CCN(C(=O)C=C)C[C@@H]2C)c2cc(Cl)c(-c3cc(Cl)ccc3F)cc2n(-c2ccccc2C(C)C)c1=O. The zero-order valence-electron chi connectivity index (χ0n) is 23.5. The molecule has 1 atom stereocenters. The molecule has 0 spiro atoms. The zero-order valence-corrected chi connectivity index (χ0v) is 25.0. The van der Waals surface area contributed by atoms with E-state index in [-0.39, 0.29) is 34.1 Å². The van der Waals surface area contributed by atoms with Crippen LogP contribution in [0.3, 0.4) is 0 Å². The van der Waals surface area contributed by atoms with E-state index in [9.17, 15) is 9.59 Å². The quantitative estimate of drug-likeness (QED) is 0.172. The summed E-state index contributed by atoms with van der Waals surface area (Å²) in [6.07, 6.45) is 1.28. The molecule has 1 fully saturated rings. The first-order valence-electron chi connectivity index (χ1n) is 13.6. The monoisotopic (exact) mass is 602 g/mol. The summed E-state index contributed by atoms with van der Waals surface area (Å²) in [5.41, 5.74) is 2.51. The fourth-order valence-corrected chi connectivity index (χ4v) is 6.16. The van der Waals surface area contributed by atoms with Gasteiger partial charge in [0.1, 0.15) is 5.82 Å². The number of amides is 1. The number of nitrogens with zero attached hydrogens (tertiary/aromatic N) is 4. The molecular formula is C33H29Cl2FN4O2. The minimum absolute atomic E-state index is 0.0471. The lowest BCUT2D eigenvalue weighted by Crippen LogP contribution is -2.53. The Kier molecular flexibility index (Phi) is 8.14. The summed E-state index contributed by atoms with van der Waals surface area (Å²) in [6.45, 7) is 18.9. The third-order valence-electron chi connectivity index (χ3n) is 7.74. The molecule has 1 aliphatic heterocycles. The Labute approximate surface area is 254 Å². The zero-order chi connectivity index (χ0) is 30.3. The van der Waals surface area contributed by atoms with E-state index in [0.717, 1.165) is 5.56 Å². The molecule has 3 aromatic carbocycles. The number of fused-ring (bicyclic) bond motifs is 1. The van der Waals surface area contributed by atoms with Crippen molar-refractivity contribution in [1.82, 2.24) is 9.47 Å². The number of hydrogen-bond acceptors (Lipinski definition) is 3. The molecule has 0 radical (unpaired) electrons. The molecule has 2 heterocycles. The number of hydrogen-bond donors (Lipinski definition) is 0. The molecule has 9 heteroatoms. The Morgan fingerprint density at radius 2 is 1.86 bits per heavy atom. The van der Waals surface area contributed by atoms with Gasteiger partial charge in [0, 0.05) is 52.2 Å². The second-order valence-electron chi connectivity index (χ2n) is 10.7. The first-order chi connectivity index (χ1) is 20.1. The summed E-state index contributed by atoms with van der Waals surface area (Å²) in [7, 11) is 0. The van der Waals surface area contributed by atoms with Crippen molar-refractivity contribution < 1.29 is 9.18 Å². The maximum atomic E-state index is 15.1. The van der Waals surface area contributed by atoms with E-state index in [1.54, 1.807) is 17.0 Å². The normalized spacial score (nSPS) is 15.2. The molecule has 1 saturated heterocycles. The molecule has 0 unspecified atom stereocenters. The summed E-state index contributed by atoms with van der Waals surface area (Å²) < 4.78 is 16.6. The summed E-state index contributed by atoms with van der Waals surface area (Å²) in [4.78, 5) is 34.1. The van der Waals surface area contributed by atoms with Gasteiger partial charge >= 0.3 is 0 Å². The predicted molar refractivity (Wildman–Crippen MR) is 169 cm³/mol. The van der Waals surface area contributed by atoms with Crippen LogP contribution in [0.15, 0.2) is 72.0 Å². The van der Waals surface area contributed by atoms with Gasteiger partial charge in [0.05, 0.1) is 23.5 Å². The Hall–Kier alpha value is -4.12. The van der Waals surface area contributed by atoms with Gasteiger partial charge in [0.15, 0.2) is 0 Å². The Morgan fingerprint density at radius 1 is 1.12 bits per heavy atom. The van der Waals surface area contributed by atoms with Crippen LogP contribution < -0.4 is 10.5 Å². The lowest BCUT2D eigenvalue weighted by atomic mass is 9.98. The minimum Gasteiger partial charge on any atom is -0.373 e. The smallest absolute Gasteiger partial charge is 0.274 e. The number of rotatable bonds is 5. The van der Waals surface area contributed by atoms with Gasteiger partial charge < -0.3 is 9.80 Å². The summed E-state index contributed by atoms with van der Waals surface area (Å²) >= 11 is 13.1. The number of piperazine rings is 1. The fraction of sp³-hybridized carbons (Fsp3) is 0.242. The minimum atomic E-state index is -0.508. The van der Waals surface area contributed by atoms with Crippen LogP contribution in [0.1, 0.15) is 32.3 Å².